The van der Waals surface area contributed by atoms with Crippen LogP contribution in [-0.4, -0.2) is 50.2 Å². The molecule has 28 heavy (non-hydrogen) atoms. The van der Waals surface area contributed by atoms with Crippen molar-refractivity contribution in [2.45, 2.75) is 50.6 Å². The van der Waals surface area contributed by atoms with Crippen LogP contribution in [0, 0.1) is 0 Å². The minimum Gasteiger partial charge on any atom is -0.336 e. The molecule has 0 radical (unpaired) electrons. The number of aromatic nitrogens is 2. The number of hydrogen-bond acceptors (Lipinski definition) is 4. The van der Waals surface area contributed by atoms with E-state index in [4.69, 9.17) is 0 Å². The van der Waals surface area contributed by atoms with Crippen molar-refractivity contribution in [2.75, 3.05) is 13.1 Å². The van der Waals surface area contributed by atoms with E-state index < -0.39 is 5.54 Å². The van der Waals surface area contributed by atoms with E-state index in [2.05, 4.69) is 9.97 Å². The molecule has 6 heteroatoms. The van der Waals surface area contributed by atoms with Crippen LogP contribution in [0.2, 0.25) is 0 Å². The van der Waals surface area contributed by atoms with E-state index in [1.165, 1.54) is 0 Å². The van der Waals surface area contributed by atoms with Crippen LogP contribution in [0.5, 0.6) is 0 Å². The summed E-state index contributed by atoms with van der Waals surface area (Å²) >= 11 is 0. The van der Waals surface area contributed by atoms with Gasteiger partial charge in [0.25, 0.3) is 0 Å². The van der Waals surface area contributed by atoms with E-state index in [1.807, 2.05) is 40.1 Å². The van der Waals surface area contributed by atoms with Crippen LogP contribution in [-0.2, 0) is 22.6 Å². The molecule has 2 saturated heterocycles. The Balaban J connectivity index is 1.47. The Labute approximate surface area is 165 Å². The molecule has 0 N–H and O–H groups in total. The minimum atomic E-state index is -0.646. The third-order valence-electron chi connectivity index (χ3n) is 5.92. The molecule has 2 aliphatic rings. The van der Waals surface area contributed by atoms with Crippen molar-refractivity contribution in [1.29, 1.82) is 0 Å². The van der Waals surface area contributed by atoms with Crippen molar-refractivity contribution in [2.24, 2.45) is 0 Å². The van der Waals surface area contributed by atoms with Gasteiger partial charge in [-0.15, -0.1) is 0 Å². The van der Waals surface area contributed by atoms with Crippen LogP contribution in [0.25, 0.3) is 0 Å². The fraction of sp³-hybridized carbons (Fsp3) is 0.455. The van der Waals surface area contributed by atoms with E-state index in [-0.39, 0.29) is 11.8 Å². The summed E-state index contributed by atoms with van der Waals surface area (Å²) in [4.78, 5) is 38.6. The highest BCUT2D eigenvalue weighted by Gasteiger charge is 2.52. The average Bonchev–Trinajstić information content (AvgIpc) is 3.16. The maximum absolute atomic E-state index is 13.5. The molecule has 0 saturated carbocycles. The van der Waals surface area contributed by atoms with Crippen molar-refractivity contribution in [1.82, 2.24) is 19.8 Å². The second-order valence-corrected chi connectivity index (χ2v) is 7.69. The Morgan fingerprint density at radius 1 is 1.07 bits per heavy atom. The van der Waals surface area contributed by atoms with E-state index in [9.17, 15) is 9.59 Å². The zero-order valence-electron chi connectivity index (χ0n) is 16.1. The smallest absolute Gasteiger partial charge is 0.248 e. The molecule has 1 spiro atoms. The summed E-state index contributed by atoms with van der Waals surface area (Å²) in [5, 5.41) is 0. The highest BCUT2D eigenvalue weighted by Crippen LogP contribution is 2.39. The lowest BCUT2D eigenvalue weighted by atomic mass is 9.85. The molecule has 2 amide bonds. The molecule has 3 heterocycles. The Hall–Kier alpha value is -2.76. The molecule has 2 fully saturated rings. The molecule has 0 bridgehead atoms. The topological polar surface area (TPSA) is 66.4 Å². The second kappa shape index (κ2) is 8.09. The summed E-state index contributed by atoms with van der Waals surface area (Å²) in [5.74, 6) is 0.172. The van der Waals surface area contributed by atoms with Crippen LogP contribution < -0.4 is 0 Å². The number of carbonyl (C=O) groups excluding carboxylic acids is 2. The monoisotopic (exact) mass is 378 g/mol. The fourth-order valence-electron chi connectivity index (χ4n) is 4.57. The van der Waals surface area contributed by atoms with Gasteiger partial charge in [0.2, 0.25) is 11.8 Å². The molecule has 2 aromatic rings. The molecular formula is C22H26N4O2. The van der Waals surface area contributed by atoms with Gasteiger partial charge in [0, 0.05) is 44.6 Å². The van der Waals surface area contributed by atoms with Crippen LogP contribution in [0.4, 0.5) is 0 Å². The number of likely N-dealkylation sites (tertiary alicyclic amines) is 2. The second-order valence-electron chi connectivity index (χ2n) is 7.69. The number of rotatable bonds is 5. The third-order valence-corrected chi connectivity index (χ3v) is 5.92. The summed E-state index contributed by atoms with van der Waals surface area (Å²) in [7, 11) is 0. The first kappa shape index (κ1) is 18.6. The van der Waals surface area contributed by atoms with Gasteiger partial charge >= 0.3 is 0 Å². The maximum atomic E-state index is 13.5. The maximum Gasteiger partial charge on any atom is 0.248 e. The fourth-order valence-corrected chi connectivity index (χ4v) is 4.57. The zero-order chi connectivity index (χ0) is 19.4. The molecule has 1 aromatic heterocycles. The SMILES string of the molecule is O=C(CCc1cnccn1)N1CCCC12CCCN(Cc1ccccc1)C2=O. The highest BCUT2D eigenvalue weighted by atomic mass is 16.2. The predicted molar refractivity (Wildman–Crippen MR) is 105 cm³/mol. The van der Waals surface area contributed by atoms with Gasteiger partial charge in [0.15, 0.2) is 0 Å². The number of benzene rings is 1. The van der Waals surface area contributed by atoms with E-state index in [0.29, 0.717) is 25.9 Å². The van der Waals surface area contributed by atoms with Crippen molar-refractivity contribution in [3.63, 3.8) is 0 Å². The van der Waals surface area contributed by atoms with Gasteiger partial charge in [-0.05, 0) is 37.7 Å². The molecule has 4 rings (SSSR count). The standard InChI is InChI=1S/C22H26N4O2/c27-20(9-8-19-16-23-12-13-24-19)26-15-5-11-22(26)10-4-14-25(21(22)28)17-18-6-2-1-3-7-18/h1-3,6-7,12-13,16H,4-5,8-11,14-15,17H2. The molecule has 0 aliphatic carbocycles. The molecule has 146 valence electrons. The summed E-state index contributed by atoms with van der Waals surface area (Å²) < 4.78 is 0. The Bertz CT molecular complexity index is 827. The van der Waals surface area contributed by atoms with Crippen LogP contribution in [0.3, 0.4) is 0 Å². The lowest BCUT2D eigenvalue weighted by Crippen LogP contribution is -2.61. The molecular weight excluding hydrogens is 352 g/mol. The summed E-state index contributed by atoms with van der Waals surface area (Å²) in [6.07, 6.45) is 9.26. The summed E-state index contributed by atoms with van der Waals surface area (Å²) in [6, 6.07) is 10.1. The van der Waals surface area contributed by atoms with Gasteiger partial charge in [-0.1, -0.05) is 30.3 Å². The van der Waals surface area contributed by atoms with Crippen molar-refractivity contribution < 1.29 is 9.59 Å². The largest absolute Gasteiger partial charge is 0.336 e. The van der Waals surface area contributed by atoms with Gasteiger partial charge in [-0.3, -0.25) is 19.6 Å². The van der Waals surface area contributed by atoms with E-state index in [1.54, 1.807) is 18.6 Å². The number of carbonyl (C=O) groups is 2. The Morgan fingerprint density at radius 2 is 1.86 bits per heavy atom. The molecule has 6 nitrogen and oxygen atoms in total. The Morgan fingerprint density at radius 3 is 2.61 bits per heavy atom. The number of amides is 2. The van der Waals surface area contributed by atoms with Gasteiger partial charge in [0.05, 0.1) is 5.69 Å². The molecule has 2 aliphatic heterocycles. The highest BCUT2D eigenvalue weighted by molar-refractivity contribution is 5.92. The number of hydrogen-bond donors (Lipinski definition) is 0. The quantitative estimate of drug-likeness (QED) is 0.802. The zero-order valence-corrected chi connectivity index (χ0v) is 16.1. The van der Waals surface area contributed by atoms with Crippen LogP contribution >= 0.6 is 0 Å². The molecule has 1 unspecified atom stereocenters. The van der Waals surface area contributed by atoms with Crippen molar-refractivity contribution in [3.05, 3.63) is 60.2 Å². The first-order chi connectivity index (χ1) is 13.7. The predicted octanol–water partition coefficient (Wildman–Crippen LogP) is 2.59. The van der Waals surface area contributed by atoms with Gasteiger partial charge in [-0.2, -0.15) is 0 Å². The lowest BCUT2D eigenvalue weighted by Gasteiger charge is -2.44. The number of aryl methyl sites for hydroxylation is 1. The lowest BCUT2D eigenvalue weighted by molar-refractivity contribution is -0.155. The molecule has 1 atom stereocenters. The van der Waals surface area contributed by atoms with Crippen LogP contribution in [0.1, 0.15) is 43.4 Å². The van der Waals surface area contributed by atoms with Crippen LogP contribution in [0.15, 0.2) is 48.9 Å². The first-order valence-corrected chi connectivity index (χ1v) is 10.1. The molecule has 1 aromatic carbocycles. The van der Waals surface area contributed by atoms with Crippen molar-refractivity contribution in [3.8, 4) is 0 Å². The van der Waals surface area contributed by atoms with Gasteiger partial charge < -0.3 is 9.80 Å². The third kappa shape index (κ3) is 3.63. The average molecular weight is 378 g/mol. The van der Waals surface area contributed by atoms with Gasteiger partial charge in [0.1, 0.15) is 5.54 Å². The normalized spacial score (nSPS) is 22.1. The summed E-state index contributed by atoms with van der Waals surface area (Å²) in [6.45, 7) is 2.05. The van der Waals surface area contributed by atoms with Gasteiger partial charge in [-0.25, -0.2) is 0 Å². The Kier molecular flexibility index (Phi) is 5.37. The van der Waals surface area contributed by atoms with E-state index >= 15 is 0 Å². The number of nitrogens with zero attached hydrogens (tertiary/aromatic N) is 4. The summed E-state index contributed by atoms with van der Waals surface area (Å²) in [5.41, 5.74) is 1.29. The minimum absolute atomic E-state index is 0.0538. The van der Waals surface area contributed by atoms with E-state index in [0.717, 1.165) is 43.5 Å². The first-order valence-electron chi connectivity index (χ1n) is 10.1. The van der Waals surface area contributed by atoms with Crippen molar-refractivity contribution >= 4 is 11.8 Å². The number of piperidine rings is 1.